The first-order valence-corrected chi connectivity index (χ1v) is 13.8. The van der Waals surface area contributed by atoms with Gasteiger partial charge in [0.15, 0.2) is 0 Å². The first-order chi connectivity index (χ1) is 17.5. The van der Waals surface area contributed by atoms with Gasteiger partial charge in [0.1, 0.15) is 6.10 Å². The zero-order chi connectivity index (χ0) is 26.0. The van der Waals surface area contributed by atoms with Crippen LogP contribution in [0.4, 0.5) is 0 Å². The Morgan fingerprint density at radius 1 is 1.08 bits per heavy atom. The van der Waals surface area contributed by atoms with Crippen molar-refractivity contribution in [3.8, 4) is 0 Å². The zero-order valence-corrected chi connectivity index (χ0v) is 22.5. The second kappa shape index (κ2) is 7.41. The van der Waals surface area contributed by atoms with Gasteiger partial charge in [-0.05, 0) is 85.7 Å². The zero-order valence-electron chi connectivity index (χ0n) is 22.5. The normalized spacial score (nSPS) is 41.6. The third kappa shape index (κ3) is 2.86. The summed E-state index contributed by atoms with van der Waals surface area (Å²) >= 11 is 0. The molecule has 7 atom stereocenters. The molecular formula is C32H38N2O3. The molecule has 5 nitrogen and oxygen atoms in total. The number of benzene rings is 1. The topological polar surface area (TPSA) is 65.8 Å². The van der Waals surface area contributed by atoms with Gasteiger partial charge in [-0.1, -0.05) is 51.1 Å². The minimum absolute atomic E-state index is 0.114. The lowest BCUT2D eigenvalue weighted by atomic mass is 9.49. The predicted octanol–water partition coefficient (Wildman–Crippen LogP) is 4.89. The molecule has 5 heteroatoms. The molecule has 37 heavy (non-hydrogen) atoms. The van der Waals surface area contributed by atoms with E-state index in [1.54, 1.807) is 0 Å². The van der Waals surface area contributed by atoms with Gasteiger partial charge >= 0.3 is 0 Å². The van der Waals surface area contributed by atoms with Gasteiger partial charge in [0.2, 0.25) is 0 Å². The van der Waals surface area contributed by atoms with Crippen molar-refractivity contribution in [3.05, 3.63) is 71.5 Å². The van der Waals surface area contributed by atoms with Gasteiger partial charge in [-0.3, -0.25) is 4.98 Å². The molecule has 3 aliphatic carbocycles. The molecule has 3 heterocycles. The summed E-state index contributed by atoms with van der Waals surface area (Å²) in [4.78, 5) is 6.57. The Bertz CT molecular complexity index is 1410. The van der Waals surface area contributed by atoms with E-state index >= 15 is 0 Å². The molecule has 7 rings (SSSR count). The molecule has 1 aromatic carbocycles. The van der Waals surface area contributed by atoms with Crippen LogP contribution in [0.25, 0.3) is 16.5 Å². The highest BCUT2D eigenvalue weighted by atomic mass is 16.5. The highest BCUT2D eigenvalue weighted by Crippen LogP contribution is 2.71. The number of allylic oxidation sites excluding steroid dienone is 3. The smallest absolute Gasteiger partial charge is 0.105 e. The monoisotopic (exact) mass is 498 g/mol. The Morgan fingerprint density at radius 2 is 1.89 bits per heavy atom. The van der Waals surface area contributed by atoms with Crippen LogP contribution < -0.4 is 0 Å². The third-order valence-electron chi connectivity index (χ3n) is 11.0. The minimum Gasteiger partial charge on any atom is -0.388 e. The highest BCUT2D eigenvalue weighted by molar-refractivity contribution is 5.85. The van der Waals surface area contributed by atoms with Crippen molar-refractivity contribution in [1.29, 1.82) is 0 Å². The van der Waals surface area contributed by atoms with Gasteiger partial charge in [0.25, 0.3) is 0 Å². The first-order valence-electron chi connectivity index (χ1n) is 13.8. The summed E-state index contributed by atoms with van der Waals surface area (Å²) in [5.74, 6) is 0.300. The molecule has 1 saturated carbocycles. The maximum atomic E-state index is 11.3. The Morgan fingerprint density at radius 3 is 2.68 bits per heavy atom. The van der Waals surface area contributed by atoms with Gasteiger partial charge in [0.05, 0.1) is 22.8 Å². The first kappa shape index (κ1) is 23.8. The van der Waals surface area contributed by atoms with Crippen LogP contribution in [-0.2, 0) is 4.74 Å². The Hall–Kier alpha value is -2.31. The lowest BCUT2D eigenvalue weighted by Crippen LogP contribution is -2.63. The van der Waals surface area contributed by atoms with Gasteiger partial charge < -0.3 is 19.8 Å². The highest BCUT2D eigenvalue weighted by Gasteiger charge is 2.70. The number of ether oxygens (including phenoxy) is 1. The summed E-state index contributed by atoms with van der Waals surface area (Å²) in [6.45, 7) is 7.15. The van der Waals surface area contributed by atoms with E-state index in [2.05, 4.69) is 68.2 Å². The summed E-state index contributed by atoms with van der Waals surface area (Å²) in [7, 11) is 3.97. The second-order valence-electron chi connectivity index (χ2n) is 13.1. The maximum absolute atomic E-state index is 11.3. The fourth-order valence-electron chi connectivity index (χ4n) is 8.76. The van der Waals surface area contributed by atoms with Crippen molar-refractivity contribution in [3.63, 3.8) is 0 Å². The van der Waals surface area contributed by atoms with Gasteiger partial charge in [-0.25, -0.2) is 0 Å². The number of aliphatic hydroxyl groups is 2. The SMILES string of the molecule is CN(C)C1CC23CCC4(O2)C(=CC(C)(C)C2(C)C(c5ccc6ncccc6c5)=CCC42)C=C3C(O)C1O. The number of hydrogen-bond acceptors (Lipinski definition) is 5. The van der Waals surface area contributed by atoms with Crippen LogP contribution >= 0.6 is 0 Å². The van der Waals surface area contributed by atoms with Crippen LogP contribution in [0.15, 0.2) is 65.9 Å². The summed E-state index contributed by atoms with van der Waals surface area (Å²) in [6.07, 6.45) is 10.8. The fraction of sp³-hybridized carbons (Fsp3) is 0.531. The fourth-order valence-corrected chi connectivity index (χ4v) is 8.76. The van der Waals surface area contributed by atoms with Crippen LogP contribution in [0.5, 0.6) is 0 Å². The average molecular weight is 499 g/mol. The minimum atomic E-state index is -0.905. The van der Waals surface area contributed by atoms with Crippen molar-refractivity contribution >= 4 is 16.5 Å². The molecule has 2 bridgehead atoms. The van der Waals surface area contributed by atoms with E-state index in [-0.39, 0.29) is 22.5 Å². The largest absolute Gasteiger partial charge is 0.388 e. The van der Waals surface area contributed by atoms with Gasteiger partial charge in [-0.15, -0.1) is 0 Å². The molecule has 2 aliphatic heterocycles. The van der Waals surface area contributed by atoms with Crippen LogP contribution in [0, 0.1) is 16.7 Å². The summed E-state index contributed by atoms with van der Waals surface area (Å²) in [6, 6.07) is 10.7. The van der Waals surface area contributed by atoms with Crippen molar-refractivity contribution in [2.45, 2.75) is 75.9 Å². The molecule has 2 N–H and O–H groups in total. The predicted molar refractivity (Wildman–Crippen MR) is 146 cm³/mol. The Kier molecular flexibility index (Phi) is 4.76. The lowest BCUT2D eigenvalue weighted by Gasteiger charge is -2.60. The lowest BCUT2D eigenvalue weighted by molar-refractivity contribution is -0.170. The molecule has 1 saturated heterocycles. The van der Waals surface area contributed by atoms with Crippen LogP contribution in [0.3, 0.4) is 0 Å². The third-order valence-corrected chi connectivity index (χ3v) is 11.0. The molecule has 194 valence electrons. The number of likely N-dealkylation sites (N-methyl/N-ethyl adjacent to an activating group) is 1. The van der Waals surface area contributed by atoms with E-state index < -0.39 is 17.8 Å². The number of pyridine rings is 1. The van der Waals surface area contributed by atoms with Gasteiger partial charge in [-0.2, -0.15) is 0 Å². The van der Waals surface area contributed by atoms with E-state index in [9.17, 15) is 10.2 Å². The number of aliphatic hydroxyl groups excluding tert-OH is 2. The Balaban J connectivity index is 1.36. The summed E-state index contributed by atoms with van der Waals surface area (Å²) in [5, 5.41) is 23.4. The van der Waals surface area contributed by atoms with Gasteiger partial charge in [0, 0.05) is 29.0 Å². The summed E-state index contributed by atoms with van der Waals surface area (Å²) < 4.78 is 7.33. The summed E-state index contributed by atoms with van der Waals surface area (Å²) in [5.41, 5.74) is 4.66. The van der Waals surface area contributed by atoms with Crippen molar-refractivity contribution in [1.82, 2.24) is 9.88 Å². The molecule has 7 unspecified atom stereocenters. The molecule has 5 aliphatic rings. The van der Waals surface area contributed by atoms with E-state index in [1.807, 2.05) is 31.3 Å². The molecule has 2 aromatic rings. The van der Waals surface area contributed by atoms with Crippen LogP contribution in [-0.4, -0.2) is 63.6 Å². The number of hydrogen-bond donors (Lipinski definition) is 2. The molecule has 1 aromatic heterocycles. The van der Waals surface area contributed by atoms with E-state index in [4.69, 9.17) is 4.74 Å². The van der Waals surface area contributed by atoms with Crippen LogP contribution in [0.1, 0.15) is 52.0 Å². The molecule has 0 amide bonds. The quantitative estimate of drug-likeness (QED) is 0.617. The van der Waals surface area contributed by atoms with Crippen LogP contribution in [0.2, 0.25) is 0 Å². The number of fused-ring (bicyclic) bond motifs is 2. The van der Waals surface area contributed by atoms with E-state index in [1.165, 1.54) is 22.1 Å². The molecular weight excluding hydrogens is 460 g/mol. The molecule has 2 spiro atoms. The number of rotatable bonds is 2. The van der Waals surface area contributed by atoms with Crippen molar-refractivity contribution in [2.24, 2.45) is 16.7 Å². The molecule has 0 radical (unpaired) electrons. The van der Waals surface area contributed by atoms with E-state index in [0.29, 0.717) is 12.3 Å². The number of nitrogens with zero attached hydrogens (tertiary/aromatic N) is 2. The number of aromatic nitrogens is 1. The average Bonchev–Trinajstić information content (AvgIpc) is 3.40. The standard InChI is InChI=1S/C32H38N2O3/c1-29(2)17-21-16-23-27(35)28(36)25(34(4)5)18-31(23)12-13-32(21,37-31)26-11-9-22(30(26,29)3)19-8-10-24-20(15-19)7-6-14-33-24/h6-10,14-17,25-28,35-36H,11-13,18H2,1-5H3. The van der Waals surface area contributed by atoms with E-state index in [0.717, 1.165) is 30.4 Å². The maximum Gasteiger partial charge on any atom is 0.105 e. The van der Waals surface area contributed by atoms with Crippen molar-refractivity contribution in [2.75, 3.05) is 14.1 Å². The van der Waals surface area contributed by atoms with Crippen molar-refractivity contribution < 1.29 is 14.9 Å². The second-order valence-corrected chi connectivity index (χ2v) is 13.1. The molecule has 2 fully saturated rings. The Labute approximate surface area is 219 Å².